The highest BCUT2D eigenvalue weighted by Gasteiger charge is 2.33. The lowest BCUT2D eigenvalue weighted by atomic mass is 9.94. The summed E-state index contributed by atoms with van der Waals surface area (Å²) in [5.74, 6) is -0.0162. The summed E-state index contributed by atoms with van der Waals surface area (Å²) in [4.78, 5) is 20.1. The molecule has 4 rings (SSSR count). The van der Waals surface area contributed by atoms with Gasteiger partial charge in [-0.15, -0.1) is 0 Å². The molecule has 1 N–H and O–H groups in total. The number of ether oxygens (including phenoxy) is 1. The van der Waals surface area contributed by atoms with E-state index in [1.54, 1.807) is 0 Å². The molecule has 0 saturated carbocycles. The minimum atomic E-state index is -0.102. The van der Waals surface area contributed by atoms with E-state index in [2.05, 4.69) is 27.1 Å². The summed E-state index contributed by atoms with van der Waals surface area (Å²) in [6.07, 6.45) is 2.95. The van der Waals surface area contributed by atoms with E-state index in [1.165, 1.54) is 22.2 Å². The zero-order valence-electron chi connectivity index (χ0n) is 15.1. The van der Waals surface area contributed by atoms with E-state index in [0.29, 0.717) is 11.6 Å². The first-order valence-corrected chi connectivity index (χ1v) is 9.97. The fourth-order valence-electron chi connectivity index (χ4n) is 3.69. The van der Waals surface area contributed by atoms with Gasteiger partial charge < -0.3 is 9.84 Å². The smallest absolute Gasteiger partial charge is 0.309 e. The van der Waals surface area contributed by atoms with Crippen molar-refractivity contribution < 1.29 is 14.6 Å². The Balaban J connectivity index is 1.63. The number of aromatic nitrogens is 3. The Morgan fingerprint density at radius 3 is 2.74 bits per heavy atom. The first-order chi connectivity index (χ1) is 13.2. The molecule has 7 nitrogen and oxygen atoms in total. The maximum absolute atomic E-state index is 12.1. The summed E-state index contributed by atoms with van der Waals surface area (Å²) >= 11 is 1.45. The van der Waals surface area contributed by atoms with Crippen LogP contribution in [0.25, 0.3) is 4.96 Å². The second kappa shape index (κ2) is 7.66. The molecule has 3 heterocycles. The number of likely N-dealkylation sites (tertiary alicyclic amines) is 1. The molecule has 0 aliphatic carbocycles. The summed E-state index contributed by atoms with van der Waals surface area (Å²) in [7, 11) is 0. The molecule has 142 valence electrons. The van der Waals surface area contributed by atoms with Crippen LogP contribution in [0.2, 0.25) is 0 Å². The van der Waals surface area contributed by atoms with Crippen LogP contribution >= 0.6 is 11.3 Å². The maximum Gasteiger partial charge on any atom is 0.309 e. The third-order valence-electron chi connectivity index (χ3n) is 5.02. The van der Waals surface area contributed by atoms with E-state index in [9.17, 15) is 9.90 Å². The number of piperidine rings is 1. The van der Waals surface area contributed by atoms with Gasteiger partial charge in [0.05, 0.1) is 23.4 Å². The van der Waals surface area contributed by atoms with E-state index in [-0.39, 0.29) is 23.8 Å². The zero-order chi connectivity index (χ0) is 18.8. The third-order valence-corrected chi connectivity index (χ3v) is 6.10. The van der Waals surface area contributed by atoms with Crippen LogP contribution in [0.15, 0.2) is 36.7 Å². The molecule has 1 atom stereocenters. The average molecular weight is 386 g/mol. The van der Waals surface area contributed by atoms with Gasteiger partial charge >= 0.3 is 5.97 Å². The molecule has 1 aromatic carbocycles. The van der Waals surface area contributed by atoms with Crippen LogP contribution in [0.3, 0.4) is 0 Å². The Labute approximate surface area is 161 Å². The summed E-state index contributed by atoms with van der Waals surface area (Å²) in [6, 6.07) is 10.0. The Bertz CT molecular complexity index is 916. The van der Waals surface area contributed by atoms with E-state index >= 15 is 0 Å². The topological polar surface area (TPSA) is 80.0 Å². The SMILES string of the molecule is CCOC(=O)C1CCN([C@@H](c2ccccc2)c2sc3ncnn3c2O)CC1. The molecule has 0 unspecified atom stereocenters. The number of hydrogen-bond acceptors (Lipinski definition) is 7. The van der Waals surface area contributed by atoms with Crippen molar-refractivity contribution >= 4 is 22.3 Å². The minimum absolute atomic E-state index is 0.0477. The molecule has 0 amide bonds. The van der Waals surface area contributed by atoms with Crippen LogP contribution in [0.4, 0.5) is 0 Å². The van der Waals surface area contributed by atoms with Crippen molar-refractivity contribution in [2.75, 3.05) is 19.7 Å². The number of fused-ring (bicyclic) bond motifs is 1. The average Bonchev–Trinajstić information content (AvgIpc) is 3.27. The number of rotatable bonds is 5. The molecule has 0 radical (unpaired) electrons. The number of benzene rings is 1. The number of aromatic hydroxyl groups is 1. The first-order valence-electron chi connectivity index (χ1n) is 9.16. The fourth-order valence-corrected chi connectivity index (χ4v) is 4.78. The summed E-state index contributed by atoms with van der Waals surface area (Å²) in [5, 5.41) is 14.8. The number of carbonyl (C=O) groups excluding carboxylic acids is 1. The van der Waals surface area contributed by atoms with E-state index < -0.39 is 0 Å². The number of esters is 1. The monoisotopic (exact) mass is 386 g/mol. The fraction of sp³-hybridized carbons (Fsp3) is 0.421. The molecule has 0 bridgehead atoms. The van der Waals surface area contributed by atoms with Gasteiger partial charge in [-0.25, -0.2) is 4.98 Å². The van der Waals surface area contributed by atoms with Crippen molar-refractivity contribution in [3.05, 3.63) is 47.1 Å². The third kappa shape index (κ3) is 3.42. The quantitative estimate of drug-likeness (QED) is 0.679. The molecule has 2 aromatic heterocycles. The number of carbonyl (C=O) groups is 1. The van der Waals surface area contributed by atoms with Gasteiger partial charge in [0.1, 0.15) is 6.33 Å². The highest BCUT2D eigenvalue weighted by molar-refractivity contribution is 7.17. The maximum atomic E-state index is 12.1. The number of hydrogen-bond donors (Lipinski definition) is 1. The molecule has 27 heavy (non-hydrogen) atoms. The molecule has 1 fully saturated rings. The summed E-state index contributed by atoms with van der Waals surface area (Å²) < 4.78 is 6.65. The molecule has 8 heteroatoms. The highest BCUT2D eigenvalue weighted by Crippen LogP contribution is 2.41. The minimum Gasteiger partial charge on any atom is -0.492 e. The van der Waals surface area contributed by atoms with Gasteiger partial charge in [0.2, 0.25) is 10.8 Å². The zero-order valence-corrected chi connectivity index (χ0v) is 15.9. The molecular formula is C19H22N4O3S. The Kier molecular flexibility index (Phi) is 5.09. The van der Waals surface area contributed by atoms with Crippen molar-refractivity contribution in [1.29, 1.82) is 0 Å². The van der Waals surface area contributed by atoms with Crippen molar-refractivity contribution in [3.63, 3.8) is 0 Å². The van der Waals surface area contributed by atoms with Crippen LogP contribution in [-0.2, 0) is 9.53 Å². The van der Waals surface area contributed by atoms with Crippen LogP contribution < -0.4 is 0 Å². The Morgan fingerprint density at radius 1 is 1.33 bits per heavy atom. The molecule has 1 aliphatic rings. The van der Waals surface area contributed by atoms with Gasteiger partial charge in [0, 0.05) is 0 Å². The molecule has 1 aliphatic heterocycles. The largest absolute Gasteiger partial charge is 0.492 e. The molecular weight excluding hydrogens is 364 g/mol. The van der Waals surface area contributed by atoms with Gasteiger partial charge in [0.15, 0.2) is 0 Å². The molecule has 0 spiro atoms. The van der Waals surface area contributed by atoms with Crippen molar-refractivity contribution in [2.24, 2.45) is 5.92 Å². The molecule has 1 saturated heterocycles. The highest BCUT2D eigenvalue weighted by atomic mass is 32.1. The van der Waals surface area contributed by atoms with Gasteiger partial charge in [0.25, 0.3) is 0 Å². The van der Waals surface area contributed by atoms with E-state index in [0.717, 1.165) is 36.4 Å². The number of thiazole rings is 1. The van der Waals surface area contributed by atoms with E-state index in [1.807, 2.05) is 25.1 Å². The first kappa shape index (κ1) is 17.9. The predicted molar refractivity (Wildman–Crippen MR) is 102 cm³/mol. The second-order valence-corrected chi connectivity index (χ2v) is 7.63. The Morgan fingerprint density at radius 2 is 2.07 bits per heavy atom. The van der Waals surface area contributed by atoms with Gasteiger partial charge in [-0.3, -0.25) is 9.69 Å². The summed E-state index contributed by atoms with van der Waals surface area (Å²) in [5.41, 5.74) is 1.10. The second-order valence-electron chi connectivity index (χ2n) is 6.62. The number of nitrogens with zero attached hydrogens (tertiary/aromatic N) is 4. The lowest BCUT2D eigenvalue weighted by molar-refractivity contribution is -0.149. The van der Waals surface area contributed by atoms with Gasteiger partial charge in [-0.2, -0.15) is 9.61 Å². The predicted octanol–water partition coefficient (Wildman–Crippen LogP) is 2.86. The lowest BCUT2D eigenvalue weighted by Crippen LogP contribution is -2.39. The lowest BCUT2D eigenvalue weighted by Gasteiger charge is -2.36. The van der Waals surface area contributed by atoms with Crippen LogP contribution in [0.1, 0.15) is 36.2 Å². The summed E-state index contributed by atoms with van der Waals surface area (Å²) in [6.45, 7) is 3.77. The van der Waals surface area contributed by atoms with Crippen molar-refractivity contribution in [2.45, 2.75) is 25.8 Å². The molecule has 3 aromatic rings. The van der Waals surface area contributed by atoms with Gasteiger partial charge in [-0.05, 0) is 38.4 Å². The Hall–Kier alpha value is -2.45. The van der Waals surface area contributed by atoms with E-state index in [4.69, 9.17) is 4.74 Å². The van der Waals surface area contributed by atoms with Crippen molar-refractivity contribution in [3.8, 4) is 5.88 Å². The van der Waals surface area contributed by atoms with Crippen LogP contribution in [0.5, 0.6) is 5.88 Å². The van der Waals surface area contributed by atoms with Gasteiger partial charge in [-0.1, -0.05) is 41.7 Å². The van der Waals surface area contributed by atoms with Crippen LogP contribution in [-0.4, -0.2) is 50.3 Å². The van der Waals surface area contributed by atoms with Crippen LogP contribution in [0, 0.1) is 5.92 Å². The normalized spacial score (nSPS) is 17.2. The van der Waals surface area contributed by atoms with Crippen molar-refractivity contribution in [1.82, 2.24) is 19.5 Å². The standard InChI is InChI=1S/C19H22N4O3S/c1-2-26-18(25)14-8-10-22(11-9-14)15(13-6-4-3-5-7-13)16-17(24)23-19(27-16)20-12-21-23/h3-7,12,14-15,24H,2,8-11H2,1H3/t15-/m0/s1.